The molecule has 6 heteroatoms. The Balaban J connectivity index is 1.79. The average Bonchev–Trinajstić information content (AvgIpc) is 2.89. The molecule has 2 heterocycles. The van der Waals surface area contributed by atoms with Gasteiger partial charge in [0.15, 0.2) is 6.23 Å². The molecule has 0 radical (unpaired) electrons. The second-order valence-electron chi connectivity index (χ2n) is 5.46. The molecule has 3 rings (SSSR count). The monoisotopic (exact) mass is 293 g/mol. The lowest BCUT2D eigenvalue weighted by Gasteiger charge is -2.29. The van der Waals surface area contributed by atoms with Gasteiger partial charge >= 0.3 is 6.09 Å². The number of benzene rings is 1. The van der Waals surface area contributed by atoms with Crippen molar-refractivity contribution in [1.82, 2.24) is 5.32 Å². The summed E-state index contributed by atoms with van der Waals surface area (Å²) in [7, 11) is 1.72. The van der Waals surface area contributed by atoms with E-state index in [2.05, 4.69) is 10.2 Å². The number of anilines is 2. The number of carbonyl (C=O) groups is 1. The second kappa shape index (κ2) is 5.89. The highest BCUT2D eigenvalue weighted by molar-refractivity contribution is 5.90. The Labute approximate surface area is 123 Å². The summed E-state index contributed by atoms with van der Waals surface area (Å²) in [6.07, 6.45) is 2.62. The van der Waals surface area contributed by atoms with Crippen LogP contribution in [-0.4, -0.2) is 39.0 Å². The molecular formula is C15H20FN3O2. The van der Waals surface area contributed by atoms with Gasteiger partial charge < -0.3 is 9.64 Å². The van der Waals surface area contributed by atoms with Crippen molar-refractivity contribution >= 4 is 17.5 Å². The van der Waals surface area contributed by atoms with Gasteiger partial charge in [-0.3, -0.25) is 10.2 Å². The molecule has 1 amide bonds. The molecule has 0 bridgehead atoms. The first kappa shape index (κ1) is 14.1. The van der Waals surface area contributed by atoms with Gasteiger partial charge in [-0.05, 0) is 44.5 Å². The Bertz CT molecular complexity index is 532. The highest BCUT2D eigenvalue weighted by Crippen LogP contribution is 2.29. The Kier molecular flexibility index (Phi) is 3.96. The van der Waals surface area contributed by atoms with Crippen LogP contribution in [0.25, 0.3) is 0 Å². The first-order chi connectivity index (χ1) is 10.2. The van der Waals surface area contributed by atoms with E-state index in [1.54, 1.807) is 19.2 Å². The molecule has 0 aliphatic carbocycles. The zero-order valence-corrected chi connectivity index (χ0v) is 12.1. The molecule has 2 saturated heterocycles. The Morgan fingerprint density at radius 3 is 2.67 bits per heavy atom. The van der Waals surface area contributed by atoms with Crippen molar-refractivity contribution in [2.45, 2.75) is 25.5 Å². The highest BCUT2D eigenvalue weighted by Gasteiger charge is 2.31. The van der Waals surface area contributed by atoms with Crippen LogP contribution >= 0.6 is 0 Å². The van der Waals surface area contributed by atoms with Gasteiger partial charge in [-0.15, -0.1) is 0 Å². The molecule has 1 unspecified atom stereocenters. The predicted octanol–water partition coefficient (Wildman–Crippen LogP) is 2.32. The van der Waals surface area contributed by atoms with Crippen LogP contribution in [0.4, 0.5) is 20.6 Å². The predicted molar refractivity (Wildman–Crippen MR) is 79.1 cm³/mol. The summed E-state index contributed by atoms with van der Waals surface area (Å²) < 4.78 is 19.5. The first-order valence-corrected chi connectivity index (χ1v) is 7.39. The normalized spacial score (nSPS) is 22.6. The van der Waals surface area contributed by atoms with E-state index in [4.69, 9.17) is 4.74 Å². The van der Waals surface area contributed by atoms with Gasteiger partial charge in [-0.1, -0.05) is 0 Å². The van der Waals surface area contributed by atoms with Crippen LogP contribution in [-0.2, 0) is 4.74 Å². The van der Waals surface area contributed by atoms with Crippen molar-refractivity contribution in [2.75, 3.05) is 36.5 Å². The number of halogens is 1. The topological polar surface area (TPSA) is 44.8 Å². The number of carbonyl (C=O) groups excluding carboxylic acids is 1. The number of nitrogens with zero attached hydrogens (tertiary/aromatic N) is 2. The lowest BCUT2D eigenvalue weighted by molar-refractivity contribution is 0.128. The molecule has 0 aromatic heterocycles. The summed E-state index contributed by atoms with van der Waals surface area (Å²) in [5.41, 5.74) is 1.16. The summed E-state index contributed by atoms with van der Waals surface area (Å²) >= 11 is 0. The Morgan fingerprint density at radius 1 is 1.29 bits per heavy atom. The van der Waals surface area contributed by atoms with E-state index >= 15 is 0 Å². The molecule has 2 fully saturated rings. The summed E-state index contributed by atoms with van der Waals surface area (Å²) in [4.78, 5) is 15.3. The van der Waals surface area contributed by atoms with Crippen LogP contribution in [0.2, 0.25) is 0 Å². The van der Waals surface area contributed by atoms with E-state index < -0.39 is 6.09 Å². The molecule has 1 N–H and O–H groups in total. The Hall–Kier alpha value is -1.82. The number of likely N-dealkylation sites (N-methyl/N-ethyl adjacent to an activating group) is 1. The number of piperidine rings is 1. The quantitative estimate of drug-likeness (QED) is 0.929. The minimum absolute atomic E-state index is 0.282. The summed E-state index contributed by atoms with van der Waals surface area (Å²) in [6.45, 7) is 2.17. The third-order valence-electron chi connectivity index (χ3n) is 4.07. The lowest BCUT2D eigenvalue weighted by Crippen LogP contribution is -2.31. The Morgan fingerprint density at radius 2 is 2.05 bits per heavy atom. The summed E-state index contributed by atoms with van der Waals surface area (Å²) in [5, 5.41) is 2.89. The van der Waals surface area contributed by atoms with Crippen LogP contribution < -0.4 is 15.1 Å². The van der Waals surface area contributed by atoms with Crippen molar-refractivity contribution in [3.63, 3.8) is 0 Å². The minimum Gasteiger partial charge on any atom is -0.428 e. The van der Waals surface area contributed by atoms with Crippen molar-refractivity contribution < 1.29 is 13.9 Å². The lowest BCUT2D eigenvalue weighted by atomic mass is 10.1. The number of ether oxygens (including phenoxy) is 1. The van der Waals surface area contributed by atoms with E-state index in [-0.39, 0.29) is 12.0 Å². The van der Waals surface area contributed by atoms with Crippen molar-refractivity contribution in [2.24, 2.45) is 0 Å². The molecule has 1 aromatic carbocycles. The van der Waals surface area contributed by atoms with Gasteiger partial charge in [0.05, 0.1) is 17.9 Å². The van der Waals surface area contributed by atoms with Crippen molar-refractivity contribution in [3.05, 3.63) is 24.0 Å². The van der Waals surface area contributed by atoms with E-state index in [1.165, 1.54) is 17.4 Å². The van der Waals surface area contributed by atoms with Gasteiger partial charge in [-0.25, -0.2) is 9.18 Å². The molecule has 1 atom stereocenters. The van der Waals surface area contributed by atoms with Crippen LogP contribution in [0.1, 0.15) is 19.3 Å². The third kappa shape index (κ3) is 2.81. The van der Waals surface area contributed by atoms with Gasteiger partial charge in [0.25, 0.3) is 0 Å². The van der Waals surface area contributed by atoms with Crippen molar-refractivity contribution in [3.8, 4) is 0 Å². The average molecular weight is 293 g/mol. The van der Waals surface area contributed by atoms with Crippen LogP contribution in [0.15, 0.2) is 18.2 Å². The largest absolute Gasteiger partial charge is 0.428 e. The molecule has 5 nitrogen and oxygen atoms in total. The number of cyclic esters (lactones) is 1. The molecule has 114 valence electrons. The zero-order chi connectivity index (χ0) is 14.8. The maximum absolute atomic E-state index is 14.4. The van der Waals surface area contributed by atoms with Gasteiger partial charge in [0.1, 0.15) is 5.82 Å². The molecule has 0 saturated carbocycles. The minimum atomic E-state index is -0.445. The molecule has 2 aliphatic rings. The molecular weight excluding hydrogens is 273 g/mol. The maximum Gasteiger partial charge on any atom is 0.416 e. The van der Waals surface area contributed by atoms with Gasteiger partial charge in [0, 0.05) is 13.1 Å². The zero-order valence-electron chi connectivity index (χ0n) is 12.1. The van der Waals surface area contributed by atoms with Crippen LogP contribution in [0.5, 0.6) is 0 Å². The fraction of sp³-hybridized carbons (Fsp3) is 0.533. The number of rotatable bonds is 3. The van der Waals surface area contributed by atoms with Gasteiger partial charge in [0.2, 0.25) is 0 Å². The van der Waals surface area contributed by atoms with E-state index in [9.17, 15) is 9.18 Å². The SMILES string of the molecule is CNC1CN(c2ccc(N3CCCCC3)c(F)c2)C(=O)O1. The summed E-state index contributed by atoms with van der Waals surface area (Å²) in [5.74, 6) is -0.282. The standard InChI is InChI=1S/C15H20FN3O2/c1-17-14-10-19(15(20)21-14)11-5-6-13(12(16)9-11)18-7-3-2-4-8-18/h5-6,9,14,17H,2-4,7-8,10H2,1H3. The number of hydrogen-bond acceptors (Lipinski definition) is 4. The smallest absolute Gasteiger partial charge is 0.416 e. The fourth-order valence-electron chi connectivity index (χ4n) is 2.88. The molecule has 21 heavy (non-hydrogen) atoms. The third-order valence-corrected chi connectivity index (χ3v) is 4.07. The number of amides is 1. The highest BCUT2D eigenvalue weighted by atomic mass is 19.1. The second-order valence-corrected chi connectivity index (χ2v) is 5.46. The van der Waals surface area contributed by atoms with Gasteiger partial charge in [-0.2, -0.15) is 0 Å². The summed E-state index contributed by atoms with van der Waals surface area (Å²) in [6, 6.07) is 4.96. The maximum atomic E-state index is 14.4. The van der Waals surface area contributed by atoms with E-state index in [0.717, 1.165) is 25.9 Å². The van der Waals surface area contributed by atoms with Crippen molar-refractivity contribution in [1.29, 1.82) is 0 Å². The van der Waals surface area contributed by atoms with E-state index in [1.807, 2.05) is 0 Å². The van der Waals surface area contributed by atoms with Crippen LogP contribution in [0.3, 0.4) is 0 Å². The number of nitrogens with one attached hydrogen (secondary N) is 1. The fourth-order valence-corrected chi connectivity index (χ4v) is 2.88. The van der Waals surface area contributed by atoms with Crippen LogP contribution in [0, 0.1) is 5.82 Å². The molecule has 1 aromatic rings. The first-order valence-electron chi connectivity index (χ1n) is 7.39. The van der Waals surface area contributed by atoms with E-state index in [0.29, 0.717) is 17.9 Å². The molecule has 0 spiro atoms. The number of hydrogen-bond donors (Lipinski definition) is 1. The molecule has 2 aliphatic heterocycles.